The summed E-state index contributed by atoms with van der Waals surface area (Å²) in [5, 5.41) is 15.8. The van der Waals surface area contributed by atoms with Gasteiger partial charge in [-0.2, -0.15) is 0 Å². The van der Waals surface area contributed by atoms with Gasteiger partial charge in [-0.1, -0.05) is 29.8 Å². The van der Waals surface area contributed by atoms with Crippen molar-refractivity contribution in [2.45, 2.75) is 19.4 Å². The monoisotopic (exact) mass is 387 g/mol. The van der Waals surface area contributed by atoms with Crippen LogP contribution in [-0.4, -0.2) is 37.1 Å². The van der Waals surface area contributed by atoms with E-state index in [4.69, 9.17) is 11.6 Å². The van der Waals surface area contributed by atoms with Crippen LogP contribution in [0.5, 0.6) is 0 Å². The van der Waals surface area contributed by atoms with E-state index in [9.17, 15) is 14.7 Å². The number of nitrogens with zero attached hydrogens (tertiary/aromatic N) is 1. The zero-order chi connectivity index (χ0) is 19.6. The summed E-state index contributed by atoms with van der Waals surface area (Å²) in [6, 6.07) is 10.8. The van der Waals surface area contributed by atoms with Crippen molar-refractivity contribution in [3.8, 4) is 0 Å². The number of carbonyl (C=O) groups excluding carboxylic acids is 2. The molecule has 0 bridgehead atoms. The summed E-state index contributed by atoms with van der Waals surface area (Å²) < 4.78 is 0. The van der Waals surface area contributed by atoms with Crippen molar-refractivity contribution in [3.05, 3.63) is 58.1 Å². The summed E-state index contributed by atoms with van der Waals surface area (Å²) in [6.45, 7) is 2.66. The van der Waals surface area contributed by atoms with Crippen LogP contribution in [0.15, 0.2) is 36.4 Å². The highest BCUT2D eigenvalue weighted by Crippen LogP contribution is 2.29. The Morgan fingerprint density at radius 3 is 2.81 bits per heavy atom. The summed E-state index contributed by atoms with van der Waals surface area (Å²) in [4.78, 5) is 26.3. The van der Waals surface area contributed by atoms with E-state index in [0.717, 1.165) is 24.2 Å². The predicted molar refractivity (Wildman–Crippen MR) is 106 cm³/mol. The molecule has 7 heteroatoms. The highest BCUT2D eigenvalue weighted by atomic mass is 35.5. The first-order chi connectivity index (χ1) is 12.9. The number of carbonyl (C=O) groups is 2. The molecule has 0 aromatic heterocycles. The first-order valence-electron chi connectivity index (χ1n) is 8.73. The molecule has 0 unspecified atom stereocenters. The number of hydrogen-bond acceptors (Lipinski definition) is 4. The van der Waals surface area contributed by atoms with Crippen LogP contribution in [0.4, 0.5) is 11.4 Å². The number of rotatable bonds is 4. The number of fused-ring (bicyclic) bond motifs is 1. The van der Waals surface area contributed by atoms with E-state index < -0.39 is 17.9 Å². The molecule has 142 valence electrons. The Hall–Kier alpha value is -2.57. The average Bonchev–Trinajstić information content (AvgIpc) is 3.03. The molecule has 2 aromatic carbocycles. The SMILES string of the molecule is Cc1c(Cl)cccc1NC(=O)C(=O)NC[C@@H](O)c1ccc2c(c1)CCN2C. The lowest BCUT2D eigenvalue weighted by Gasteiger charge is -2.15. The number of halogens is 1. The third kappa shape index (κ3) is 4.23. The van der Waals surface area contributed by atoms with Crippen molar-refractivity contribution >= 4 is 34.8 Å². The summed E-state index contributed by atoms with van der Waals surface area (Å²) >= 11 is 6.01. The minimum absolute atomic E-state index is 0.0462. The second-order valence-electron chi connectivity index (χ2n) is 6.65. The van der Waals surface area contributed by atoms with Crippen molar-refractivity contribution in [2.75, 3.05) is 30.4 Å². The Balaban J connectivity index is 1.57. The Morgan fingerprint density at radius 2 is 2.04 bits per heavy atom. The fourth-order valence-corrected chi connectivity index (χ4v) is 3.28. The molecule has 1 heterocycles. The first-order valence-corrected chi connectivity index (χ1v) is 9.11. The third-order valence-electron chi connectivity index (χ3n) is 4.79. The van der Waals surface area contributed by atoms with Gasteiger partial charge in [0.05, 0.1) is 6.10 Å². The molecule has 0 saturated heterocycles. The molecule has 0 spiro atoms. The van der Waals surface area contributed by atoms with Gasteiger partial charge in [-0.05, 0) is 48.2 Å². The highest BCUT2D eigenvalue weighted by molar-refractivity contribution is 6.40. The number of benzene rings is 2. The zero-order valence-electron chi connectivity index (χ0n) is 15.3. The van der Waals surface area contributed by atoms with Crippen LogP contribution < -0.4 is 15.5 Å². The average molecular weight is 388 g/mol. The molecule has 3 rings (SSSR count). The second kappa shape index (κ2) is 7.98. The predicted octanol–water partition coefficient (Wildman–Crippen LogP) is 2.43. The lowest BCUT2D eigenvalue weighted by Crippen LogP contribution is -2.37. The van der Waals surface area contributed by atoms with Gasteiger partial charge in [0.25, 0.3) is 0 Å². The molecule has 2 amide bonds. The normalized spacial score (nSPS) is 13.9. The van der Waals surface area contributed by atoms with Crippen LogP contribution in [0.2, 0.25) is 5.02 Å². The quantitative estimate of drug-likeness (QED) is 0.704. The summed E-state index contributed by atoms with van der Waals surface area (Å²) in [5.41, 5.74) is 4.21. The number of aliphatic hydroxyl groups excluding tert-OH is 1. The molecule has 1 aliphatic heterocycles. The number of likely N-dealkylation sites (N-methyl/N-ethyl adjacent to an activating group) is 1. The minimum atomic E-state index is -0.883. The van der Waals surface area contributed by atoms with Crippen LogP contribution >= 0.6 is 11.6 Å². The van der Waals surface area contributed by atoms with E-state index in [1.54, 1.807) is 25.1 Å². The van der Waals surface area contributed by atoms with Gasteiger partial charge in [-0.15, -0.1) is 0 Å². The van der Waals surface area contributed by atoms with Crippen molar-refractivity contribution < 1.29 is 14.7 Å². The Bertz CT molecular complexity index is 885. The standard InChI is InChI=1S/C20H22ClN3O3/c1-12-15(21)4-3-5-16(12)23-20(27)19(26)22-11-18(25)14-6-7-17-13(10-14)8-9-24(17)2/h3-7,10,18,25H,8-9,11H2,1-2H3,(H,22,26)(H,23,27)/t18-/m1/s1. The smallest absolute Gasteiger partial charge is 0.313 e. The minimum Gasteiger partial charge on any atom is -0.387 e. The van der Waals surface area contributed by atoms with Gasteiger partial charge in [0.1, 0.15) is 0 Å². The van der Waals surface area contributed by atoms with Crippen molar-refractivity contribution in [1.29, 1.82) is 0 Å². The van der Waals surface area contributed by atoms with Gasteiger partial charge in [-0.25, -0.2) is 0 Å². The largest absolute Gasteiger partial charge is 0.387 e. The van der Waals surface area contributed by atoms with Crippen LogP contribution in [0.3, 0.4) is 0 Å². The molecule has 0 fully saturated rings. The van der Waals surface area contributed by atoms with Crippen LogP contribution in [0, 0.1) is 6.92 Å². The number of aliphatic hydroxyl groups is 1. The van der Waals surface area contributed by atoms with E-state index in [-0.39, 0.29) is 6.54 Å². The molecule has 0 saturated carbocycles. The second-order valence-corrected chi connectivity index (χ2v) is 7.06. The lowest BCUT2D eigenvalue weighted by atomic mass is 10.0. The Labute approximate surface area is 163 Å². The van der Waals surface area contributed by atoms with Gasteiger partial charge >= 0.3 is 11.8 Å². The maximum absolute atomic E-state index is 12.1. The van der Waals surface area contributed by atoms with Crippen LogP contribution in [0.25, 0.3) is 0 Å². The topological polar surface area (TPSA) is 81.7 Å². The zero-order valence-corrected chi connectivity index (χ0v) is 16.0. The summed E-state index contributed by atoms with van der Waals surface area (Å²) in [6.07, 6.45) is 0.0472. The van der Waals surface area contributed by atoms with Gasteiger partial charge in [-0.3, -0.25) is 9.59 Å². The fraction of sp³-hybridized carbons (Fsp3) is 0.300. The molecule has 1 aliphatic rings. The van der Waals surface area contributed by atoms with Crippen molar-refractivity contribution in [1.82, 2.24) is 5.32 Å². The molecular formula is C20H22ClN3O3. The Kier molecular flexibility index (Phi) is 5.68. The molecule has 0 radical (unpaired) electrons. The molecule has 0 aliphatic carbocycles. The van der Waals surface area contributed by atoms with E-state index in [1.807, 2.05) is 25.2 Å². The Morgan fingerprint density at radius 1 is 1.26 bits per heavy atom. The maximum atomic E-state index is 12.1. The van der Waals surface area contributed by atoms with Crippen molar-refractivity contribution in [2.24, 2.45) is 0 Å². The number of amides is 2. The third-order valence-corrected chi connectivity index (χ3v) is 5.20. The summed E-state index contributed by atoms with van der Waals surface area (Å²) in [7, 11) is 2.03. The summed E-state index contributed by atoms with van der Waals surface area (Å²) in [5.74, 6) is -1.61. The molecule has 27 heavy (non-hydrogen) atoms. The fourth-order valence-electron chi connectivity index (χ4n) is 3.10. The highest BCUT2D eigenvalue weighted by Gasteiger charge is 2.20. The molecular weight excluding hydrogens is 366 g/mol. The first kappa shape index (κ1) is 19.2. The molecule has 1 atom stereocenters. The molecule has 3 N–H and O–H groups in total. The van der Waals surface area contributed by atoms with Crippen LogP contribution in [-0.2, 0) is 16.0 Å². The maximum Gasteiger partial charge on any atom is 0.313 e. The van der Waals surface area contributed by atoms with Gasteiger partial charge in [0, 0.05) is 36.5 Å². The van der Waals surface area contributed by atoms with Gasteiger partial charge in [0.15, 0.2) is 0 Å². The van der Waals surface area contributed by atoms with Crippen molar-refractivity contribution in [3.63, 3.8) is 0 Å². The molecule has 6 nitrogen and oxygen atoms in total. The van der Waals surface area contributed by atoms with Gasteiger partial charge < -0.3 is 20.6 Å². The van der Waals surface area contributed by atoms with Gasteiger partial charge in [0.2, 0.25) is 0 Å². The van der Waals surface area contributed by atoms with E-state index in [1.165, 1.54) is 5.56 Å². The number of hydrogen-bond donors (Lipinski definition) is 3. The van der Waals surface area contributed by atoms with E-state index in [2.05, 4.69) is 15.5 Å². The number of anilines is 2. The van der Waals surface area contributed by atoms with E-state index >= 15 is 0 Å². The lowest BCUT2D eigenvalue weighted by molar-refractivity contribution is -0.136. The number of nitrogens with one attached hydrogen (secondary N) is 2. The molecule has 2 aromatic rings. The van der Waals surface area contributed by atoms with Crippen LogP contribution in [0.1, 0.15) is 22.8 Å². The van der Waals surface area contributed by atoms with E-state index in [0.29, 0.717) is 16.3 Å².